The molecule has 1 saturated heterocycles. The summed E-state index contributed by atoms with van der Waals surface area (Å²) in [4.78, 5) is 16.3. The maximum absolute atomic E-state index is 13.8. The number of hydrogen-bond acceptors (Lipinski definition) is 6. The van der Waals surface area contributed by atoms with Gasteiger partial charge >= 0.3 is 18.4 Å². The van der Waals surface area contributed by atoms with Crippen LogP contribution in [0, 0.1) is 0 Å². The van der Waals surface area contributed by atoms with E-state index in [2.05, 4.69) is 10.1 Å². The maximum Gasteiger partial charge on any atom is 0.419 e. The van der Waals surface area contributed by atoms with Crippen molar-refractivity contribution in [1.82, 2.24) is 15.0 Å². The summed E-state index contributed by atoms with van der Waals surface area (Å²) in [5.74, 6) is -0.936. The van der Waals surface area contributed by atoms with Crippen LogP contribution in [0.5, 0.6) is 5.75 Å². The van der Waals surface area contributed by atoms with E-state index in [1.807, 2.05) is 0 Å². The first-order valence-corrected chi connectivity index (χ1v) is 11.4. The molecule has 0 bridgehead atoms. The number of benzene rings is 2. The number of carbonyl (C=O) groups is 1. The number of nitrogens with zero attached hydrogens (tertiary/aromatic N) is 3. The van der Waals surface area contributed by atoms with Crippen molar-refractivity contribution in [3.05, 3.63) is 65.0 Å². The minimum atomic E-state index is -4.80. The Labute approximate surface area is 211 Å². The van der Waals surface area contributed by atoms with Gasteiger partial charge in [0.05, 0.1) is 23.8 Å². The number of aromatic nitrogens is 2. The highest BCUT2D eigenvalue weighted by Gasteiger charge is 2.41. The number of aliphatic hydroxyl groups is 1. The molecule has 1 aliphatic heterocycles. The highest BCUT2D eigenvalue weighted by molar-refractivity contribution is 5.66. The molecular formula is C24H21F6N3O5. The predicted octanol–water partition coefficient (Wildman–Crippen LogP) is 5.57. The Kier molecular flexibility index (Phi) is 7.54. The van der Waals surface area contributed by atoms with E-state index in [1.54, 1.807) is 0 Å². The molecule has 1 amide bonds. The third-order valence-corrected chi connectivity index (χ3v) is 6.00. The fourth-order valence-electron chi connectivity index (χ4n) is 4.10. The number of hydrogen-bond donors (Lipinski definition) is 2. The molecular weight excluding hydrogens is 524 g/mol. The summed E-state index contributed by atoms with van der Waals surface area (Å²) in [6.45, 7) is -0.0948. The van der Waals surface area contributed by atoms with Gasteiger partial charge in [0.2, 0.25) is 5.82 Å². The van der Waals surface area contributed by atoms with E-state index in [1.165, 1.54) is 18.2 Å². The van der Waals surface area contributed by atoms with Crippen LogP contribution in [0.3, 0.4) is 0 Å². The van der Waals surface area contributed by atoms with Gasteiger partial charge in [-0.05, 0) is 55.2 Å². The lowest BCUT2D eigenvalue weighted by Crippen LogP contribution is -2.32. The van der Waals surface area contributed by atoms with Crippen molar-refractivity contribution in [1.29, 1.82) is 0 Å². The van der Waals surface area contributed by atoms with Gasteiger partial charge in [0.15, 0.2) is 0 Å². The van der Waals surface area contributed by atoms with Crippen LogP contribution in [0.25, 0.3) is 11.4 Å². The Bertz CT molecular complexity index is 1280. The maximum atomic E-state index is 13.8. The van der Waals surface area contributed by atoms with Crippen LogP contribution in [0.2, 0.25) is 0 Å². The summed E-state index contributed by atoms with van der Waals surface area (Å²) in [6.07, 6.45) is -11.0. The van der Waals surface area contributed by atoms with Gasteiger partial charge in [0.25, 0.3) is 5.89 Å². The van der Waals surface area contributed by atoms with Gasteiger partial charge in [-0.1, -0.05) is 17.3 Å². The predicted molar refractivity (Wildman–Crippen MR) is 118 cm³/mol. The fourth-order valence-corrected chi connectivity index (χ4v) is 4.10. The van der Waals surface area contributed by atoms with Gasteiger partial charge in [-0.25, -0.2) is 4.79 Å². The topological polar surface area (TPSA) is 109 Å². The van der Waals surface area contributed by atoms with Gasteiger partial charge in [-0.15, -0.1) is 0 Å². The number of ether oxygens (including phenoxy) is 1. The van der Waals surface area contributed by atoms with E-state index in [-0.39, 0.29) is 43.3 Å². The fraction of sp³-hybridized carbons (Fsp3) is 0.375. The van der Waals surface area contributed by atoms with Crippen LogP contribution >= 0.6 is 0 Å². The van der Waals surface area contributed by atoms with Crippen LogP contribution in [0.15, 0.2) is 47.0 Å². The summed E-state index contributed by atoms with van der Waals surface area (Å²) in [7, 11) is 0. The quantitative estimate of drug-likeness (QED) is 0.295. The molecule has 0 saturated carbocycles. The average molecular weight is 545 g/mol. The summed E-state index contributed by atoms with van der Waals surface area (Å²) in [5.41, 5.74) is -1.39. The van der Waals surface area contributed by atoms with Crippen molar-refractivity contribution in [3.8, 4) is 17.1 Å². The van der Waals surface area contributed by atoms with Gasteiger partial charge in [-0.3, -0.25) is 4.90 Å². The lowest BCUT2D eigenvalue weighted by atomic mass is 10.1. The molecule has 2 heterocycles. The van der Waals surface area contributed by atoms with Crippen LogP contribution in [-0.2, 0) is 18.8 Å². The molecule has 3 aromatic rings. The van der Waals surface area contributed by atoms with E-state index >= 15 is 0 Å². The van der Waals surface area contributed by atoms with E-state index in [0.29, 0.717) is 12.0 Å². The Balaban J connectivity index is 1.45. The molecule has 8 nitrogen and oxygen atoms in total. The number of aliphatic hydroxyl groups excluding tert-OH is 1. The summed E-state index contributed by atoms with van der Waals surface area (Å²) < 4.78 is 89.6. The Morgan fingerprint density at radius 2 is 1.79 bits per heavy atom. The first kappa shape index (κ1) is 27.2. The summed E-state index contributed by atoms with van der Waals surface area (Å²) >= 11 is 0. The second-order valence-corrected chi connectivity index (χ2v) is 8.59. The minimum Gasteiger partial charge on any atom is -0.493 e. The van der Waals surface area contributed by atoms with Crippen molar-refractivity contribution >= 4 is 6.09 Å². The Hall–Kier alpha value is -3.81. The van der Waals surface area contributed by atoms with Gasteiger partial charge < -0.3 is 19.5 Å². The largest absolute Gasteiger partial charge is 0.493 e. The molecule has 0 radical (unpaired) electrons. The molecule has 204 valence electrons. The number of amides is 1. The Morgan fingerprint density at radius 1 is 1.08 bits per heavy atom. The number of alkyl halides is 6. The summed E-state index contributed by atoms with van der Waals surface area (Å²) in [6, 6.07) is 6.47. The normalized spacial score (nSPS) is 18.1. The summed E-state index contributed by atoms with van der Waals surface area (Å²) in [5, 5.41) is 23.0. The molecule has 2 N–H and O–H groups in total. The van der Waals surface area contributed by atoms with Crippen LogP contribution in [-0.4, -0.2) is 50.6 Å². The monoisotopic (exact) mass is 545 g/mol. The van der Waals surface area contributed by atoms with Crippen molar-refractivity contribution in [2.45, 2.75) is 43.8 Å². The molecule has 1 aromatic heterocycles. The van der Waals surface area contributed by atoms with E-state index in [0.717, 1.165) is 29.2 Å². The van der Waals surface area contributed by atoms with E-state index < -0.39 is 47.5 Å². The van der Waals surface area contributed by atoms with Crippen molar-refractivity contribution in [2.24, 2.45) is 0 Å². The smallest absolute Gasteiger partial charge is 0.419 e. The highest BCUT2D eigenvalue weighted by atomic mass is 19.4. The van der Waals surface area contributed by atoms with E-state index in [9.17, 15) is 41.4 Å². The van der Waals surface area contributed by atoms with Crippen LogP contribution in [0.1, 0.15) is 41.5 Å². The lowest BCUT2D eigenvalue weighted by Gasteiger charge is -2.19. The molecule has 1 aliphatic rings. The number of likely N-dealkylation sites (tertiary alicyclic amines) is 1. The first-order valence-electron chi connectivity index (χ1n) is 11.4. The van der Waals surface area contributed by atoms with Crippen LogP contribution in [0.4, 0.5) is 31.1 Å². The number of aryl methyl sites for hydroxylation is 1. The molecule has 2 atom stereocenters. The average Bonchev–Trinajstić information content (AvgIpc) is 3.47. The zero-order valence-corrected chi connectivity index (χ0v) is 19.5. The number of halogens is 6. The molecule has 1 fully saturated rings. The molecule has 0 unspecified atom stereocenters. The lowest BCUT2D eigenvalue weighted by molar-refractivity contribution is -0.139. The number of rotatable bonds is 7. The van der Waals surface area contributed by atoms with Crippen molar-refractivity contribution in [2.75, 3.05) is 13.2 Å². The molecule has 0 aliphatic carbocycles. The molecule has 14 heteroatoms. The van der Waals surface area contributed by atoms with Gasteiger partial charge in [-0.2, -0.15) is 31.3 Å². The zero-order valence-electron chi connectivity index (χ0n) is 19.5. The highest BCUT2D eigenvalue weighted by Crippen LogP contribution is 2.39. The molecule has 4 rings (SSSR count). The molecule has 2 aromatic carbocycles. The second-order valence-electron chi connectivity index (χ2n) is 8.59. The molecule has 0 spiro atoms. The van der Waals surface area contributed by atoms with Crippen molar-refractivity contribution in [3.63, 3.8) is 0 Å². The van der Waals surface area contributed by atoms with Crippen molar-refractivity contribution < 1.29 is 50.6 Å². The zero-order chi connectivity index (χ0) is 27.7. The van der Waals surface area contributed by atoms with Gasteiger partial charge in [0.1, 0.15) is 11.8 Å². The second kappa shape index (κ2) is 10.5. The standard InChI is InChI=1S/C24H21F6N3O5/c25-23(26,27)15-6-3-13(4-7-15)2-1-11-37-18-8-5-14(12-16(18)24(28,29)30)20-31-21(38-32-20)19-17(34)9-10-33(19)22(35)36/h3-8,12,17,19,34H,1-2,9-11H2,(H,35,36)/t17-,19-/m0/s1. The third kappa shape index (κ3) is 6.01. The van der Waals surface area contributed by atoms with Gasteiger partial charge in [0, 0.05) is 12.1 Å². The SMILES string of the molecule is O=C(O)N1CC[C@H](O)[C@H]1c1nc(-c2ccc(OCCCc3ccc(C(F)(F)F)cc3)c(C(F)(F)F)c2)no1. The minimum absolute atomic E-state index is 0.0298. The Morgan fingerprint density at radius 3 is 2.42 bits per heavy atom. The van der Waals surface area contributed by atoms with Crippen LogP contribution < -0.4 is 4.74 Å². The first-order chi connectivity index (χ1) is 17.8. The molecule has 38 heavy (non-hydrogen) atoms. The third-order valence-electron chi connectivity index (χ3n) is 6.00. The van der Waals surface area contributed by atoms with E-state index in [4.69, 9.17) is 9.26 Å². The number of carboxylic acid groups (broad SMARTS) is 1.